The number of carbonyl (C=O) groups excluding carboxylic acids is 2. The van der Waals surface area contributed by atoms with Crippen LogP contribution in [0.25, 0.3) is 0 Å². The Balaban J connectivity index is 0.00000288. The summed E-state index contributed by atoms with van der Waals surface area (Å²) in [6.07, 6.45) is 3.44. The third kappa shape index (κ3) is 7.15. The van der Waals surface area contributed by atoms with E-state index in [0.29, 0.717) is 26.1 Å². The Morgan fingerprint density at radius 2 is 2.00 bits per heavy atom. The summed E-state index contributed by atoms with van der Waals surface area (Å²) < 4.78 is 0. The summed E-state index contributed by atoms with van der Waals surface area (Å²) in [7, 11) is 0. The summed E-state index contributed by atoms with van der Waals surface area (Å²) in [6.45, 7) is 4.98. The van der Waals surface area contributed by atoms with Crippen molar-refractivity contribution >= 4 is 24.2 Å². The van der Waals surface area contributed by atoms with Crippen molar-refractivity contribution in [1.29, 1.82) is 0 Å². The van der Waals surface area contributed by atoms with E-state index in [-0.39, 0.29) is 24.2 Å². The maximum absolute atomic E-state index is 12.0. The minimum atomic E-state index is -0.0114. The Morgan fingerprint density at radius 1 is 1.25 bits per heavy atom. The molecule has 1 aromatic rings. The van der Waals surface area contributed by atoms with Crippen molar-refractivity contribution in [1.82, 2.24) is 15.5 Å². The molecule has 1 heterocycles. The van der Waals surface area contributed by atoms with Crippen LogP contribution in [-0.4, -0.2) is 42.9 Å². The van der Waals surface area contributed by atoms with Crippen LogP contribution in [0, 0.1) is 0 Å². The first-order valence-electron chi connectivity index (χ1n) is 8.10. The highest BCUT2D eigenvalue weighted by molar-refractivity contribution is 5.85. The van der Waals surface area contributed by atoms with Crippen LogP contribution in [0.1, 0.15) is 25.3 Å². The number of benzene rings is 1. The number of hydrogen-bond acceptors (Lipinski definition) is 3. The highest BCUT2D eigenvalue weighted by Crippen LogP contribution is 2.06. The van der Waals surface area contributed by atoms with E-state index in [2.05, 4.69) is 16.7 Å². The van der Waals surface area contributed by atoms with Gasteiger partial charge in [-0.05, 0) is 18.5 Å². The van der Waals surface area contributed by atoms with Crippen LogP contribution < -0.4 is 10.6 Å². The molecule has 0 saturated carbocycles. The maximum Gasteiger partial charge on any atom is 0.222 e. The lowest BCUT2D eigenvalue weighted by atomic mass is 10.1. The van der Waals surface area contributed by atoms with Gasteiger partial charge in [0, 0.05) is 39.5 Å². The molecule has 1 aliphatic rings. The molecule has 1 aromatic carbocycles. The fraction of sp³-hybridized carbons (Fsp3) is 0.444. The number of amides is 2. The van der Waals surface area contributed by atoms with Gasteiger partial charge in [-0.1, -0.05) is 42.0 Å². The van der Waals surface area contributed by atoms with Gasteiger partial charge in [0.25, 0.3) is 0 Å². The van der Waals surface area contributed by atoms with Gasteiger partial charge in [0.1, 0.15) is 0 Å². The molecule has 0 bridgehead atoms. The number of carbonyl (C=O) groups is 2. The number of halogens is 1. The molecule has 0 aliphatic carbocycles. The van der Waals surface area contributed by atoms with E-state index >= 15 is 0 Å². The molecule has 0 aromatic heterocycles. The van der Waals surface area contributed by atoms with E-state index in [1.165, 1.54) is 5.57 Å². The van der Waals surface area contributed by atoms with E-state index in [1.54, 1.807) is 11.8 Å². The third-order valence-electron chi connectivity index (χ3n) is 3.94. The van der Waals surface area contributed by atoms with Crippen molar-refractivity contribution in [2.45, 2.75) is 26.3 Å². The quantitative estimate of drug-likeness (QED) is 0.737. The lowest BCUT2D eigenvalue weighted by Crippen LogP contribution is -2.34. The van der Waals surface area contributed by atoms with E-state index in [4.69, 9.17) is 0 Å². The van der Waals surface area contributed by atoms with Gasteiger partial charge in [0.2, 0.25) is 11.8 Å². The first kappa shape index (κ1) is 20.2. The molecule has 0 atom stereocenters. The zero-order chi connectivity index (χ0) is 16.5. The molecule has 0 radical (unpaired) electrons. The number of nitrogens with zero attached hydrogens (tertiary/aromatic N) is 1. The lowest BCUT2D eigenvalue weighted by molar-refractivity contribution is -0.130. The Morgan fingerprint density at radius 3 is 2.62 bits per heavy atom. The topological polar surface area (TPSA) is 61.4 Å². The summed E-state index contributed by atoms with van der Waals surface area (Å²) >= 11 is 0. The number of hydrogen-bond donors (Lipinski definition) is 2. The SMILES string of the molecule is CC(=O)N(CCC(=O)NCC1=CCNCC1)Cc1ccccc1.Cl. The third-order valence-corrected chi connectivity index (χ3v) is 3.94. The Hall–Kier alpha value is -1.85. The van der Waals surface area contributed by atoms with Gasteiger partial charge >= 0.3 is 0 Å². The van der Waals surface area contributed by atoms with Gasteiger partial charge in [-0.2, -0.15) is 0 Å². The fourth-order valence-corrected chi connectivity index (χ4v) is 2.52. The van der Waals surface area contributed by atoms with Crippen LogP contribution in [0.5, 0.6) is 0 Å². The molecule has 132 valence electrons. The molecule has 1 aliphatic heterocycles. The van der Waals surface area contributed by atoms with Crippen LogP contribution in [-0.2, 0) is 16.1 Å². The standard InChI is InChI=1S/C18H25N3O2.ClH/c1-15(22)21(14-17-5-3-2-4-6-17)12-9-18(23)20-13-16-7-10-19-11-8-16;/h2-7,19H,8-14H2,1H3,(H,20,23);1H. The normalized spacial score (nSPS) is 13.5. The lowest BCUT2D eigenvalue weighted by Gasteiger charge is -2.21. The largest absolute Gasteiger partial charge is 0.352 e. The zero-order valence-electron chi connectivity index (χ0n) is 14.1. The fourth-order valence-electron chi connectivity index (χ4n) is 2.52. The molecule has 5 nitrogen and oxygen atoms in total. The van der Waals surface area contributed by atoms with Gasteiger partial charge in [0.05, 0.1) is 0 Å². The summed E-state index contributed by atoms with van der Waals surface area (Å²) in [5, 5.41) is 6.18. The van der Waals surface area contributed by atoms with Crippen molar-refractivity contribution in [3.63, 3.8) is 0 Å². The average Bonchev–Trinajstić information content (AvgIpc) is 2.58. The second kappa shape index (κ2) is 10.8. The van der Waals surface area contributed by atoms with Crippen LogP contribution in [0.15, 0.2) is 42.0 Å². The van der Waals surface area contributed by atoms with E-state index in [9.17, 15) is 9.59 Å². The molecule has 0 fully saturated rings. The Bertz CT molecular complexity index is 561. The molecule has 2 rings (SSSR count). The van der Waals surface area contributed by atoms with Crippen LogP contribution in [0.4, 0.5) is 0 Å². The average molecular weight is 352 g/mol. The zero-order valence-corrected chi connectivity index (χ0v) is 14.9. The minimum absolute atomic E-state index is 0. The highest BCUT2D eigenvalue weighted by atomic mass is 35.5. The van der Waals surface area contributed by atoms with Gasteiger partial charge < -0.3 is 15.5 Å². The van der Waals surface area contributed by atoms with Crippen molar-refractivity contribution in [2.24, 2.45) is 0 Å². The summed E-state index contributed by atoms with van der Waals surface area (Å²) in [5.74, 6) is -0.0218. The summed E-state index contributed by atoms with van der Waals surface area (Å²) in [5.41, 5.74) is 2.34. The molecular formula is C18H26ClN3O2. The molecule has 6 heteroatoms. The molecular weight excluding hydrogens is 326 g/mol. The van der Waals surface area contributed by atoms with Gasteiger partial charge in [0.15, 0.2) is 0 Å². The Labute approximate surface area is 149 Å². The van der Waals surface area contributed by atoms with E-state index in [1.807, 2.05) is 30.3 Å². The van der Waals surface area contributed by atoms with Gasteiger partial charge in [-0.3, -0.25) is 9.59 Å². The highest BCUT2D eigenvalue weighted by Gasteiger charge is 2.12. The van der Waals surface area contributed by atoms with E-state index < -0.39 is 0 Å². The second-order valence-corrected chi connectivity index (χ2v) is 5.77. The van der Waals surface area contributed by atoms with E-state index in [0.717, 1.165) is 25.1 Å². The van der Waals surface area contributed by atoms with Crippen molar-refractivity contribution in [2.75, 3.05) is 26.2 Å². The smallest absolute Gasteiger partial charge is 0.222 e. The summed E-state index contributed by atoms with van der Waals surface area (Å²) in [4.78, 5) is 25.4. The molecule has 2 amide bonds. The second-order valence-electron chi connectivity index (χ2n) is 5.77. The van der Waals surface area contributed by atoms with Crippen LogP contribution >= 0.6 is 12.4 Å². The van der Waals surface area contributed by atoms with Crippen molar-refractivity contribution in [3.05, 3.63) is 47.5 Å². The predicted molar refractivity (Wildman–Crippen MR) is 98.0 cm³/mol. The number of nitrogens with one attached hydrogen (secondary N) is 2. The molecule has 2 N–H and O–H groups in total. The first-order valence-corrected chi connectivity index (χ1v) is 8.10. The molecule has 0 saturated heterocycles. The summed E-state index contributed by atoms with van der Waals surface area (Å²) in [6, 6.07) is 9.82. The molecule has 0 unspecified atom stereocenters. The predicted octanol–water partition coefficient (Wildman–Crippen LogP) is 1.88. The molecule has 0 spiro atoms. The van der Waals surface area contributed by atoms with Crippen LogP contribution in [0.3, 0.4) is 0 Å². The first-order chi connectivity index (χ1) is 11.1. The monoisotopic (exact) mass is 351 g/mol. The molecule has 24 heavy (non-hydrogen) atoms. The minimum Gasteiger partial charge on any atom is -0.352 e. The maximum atomic E-state index is 12.0. The van der Waals surface area contributed by atoms with Gasteiger partial charge in [-0.15, -0.1) is 12.4 Å². The van der Waals surface area contributed by atoms with Crippen LogP contribution in [0.2, 0.25) is 0 Å². The van der Waals surface area contributed by atoms with Gasteiger partial charge in [-0.25, -0.2) is 0 Å². The van der Waals surface area contributed by atoms with Crippen molar-refractivity contribution < 1.29 is 9.59 Å². The van der Waals surface area contributed by atoms with Crippen molar-refractivity contribution in [3.8, 4) is 0 Å². The Kier molecular flexibility index (Phi) is 9.12. The number of rotatable bonds is 7.